The normalized spacial score (nSPS) is 10.7. The number of thioether (sulfide) groups is 1. The molecule has 0 saturated carbocycles. The molecule has 3 rings (SSSR count). The highest BCUT2D eigenvalue weighted by Gasteiger charge is 2.16. The maximum Gasteiger partial charge on any atom is 0.234 e. The van der Waals surface area contributed by atoms with Crippen molar-refractivity contribution in [3.63, 3.8) is 0 Å². The largest absolute Gasteiger partial charge is 0.326 e. The maximum absolute atomic E-state index is 12.4. The minimum absolute atomic E-state index is 0.0880. The zero-order valence-corrected chi connectivity index (χ0v) is 19.3. The zero-order valence-electron chi connectivity index (χ0n) is 17.0. The van der Waals surface area contributed by atoms with Gasteiger partial charge < -0.3 is 15.2 Å². The number of hydrogen-bond donors (Lipinski definition) is 2. The van der Waals surface area contributed by atoms with Crippen LogP contribution in [0.15, 0.2) is 47.6 Å². The summed E-state index contributed by atoms with van der Waals surface area (Å²) in [6.07, 6.45) is 0.0880. The Balaban J connectivity index is 1.57. The standard InChI is InChI=1S/C21H21Cl2N5O2S/c1-3-28-18(11-19(29)24-14-6-4-13(2)5-7-14)26-27-21(28)31-12-20(30)25-15-8-9-16(22)17(23)10-15/h4-10H,3,11-12H2,1-2H3,(H,24,29)(H,25,30). The van der Waals surface area contributed by atoms with Crippen molar-refractivity contribution in [2.45, 2.75) is 32.0 Å². The Morgan fingerprint density at radius 3 is 2.32 bits per heavy atom. The monoisotopic (exact) mass is 477 g/mol. The highest BCUT2D eigenvalue weighted by molar-refractivity contribution is 7.99. The fourth-order valence-corrected chi connectivity index (χ4v) is 3.88. The topological polar surface area (TPSA) is 88.9 Å². The second kappa shape index (κ2) is 10.7. The predicted molar refractivity (Wildman–Crippen MR) is 125 cm³/mol. The quantitative estimate of drug-likeness (QED) is 0.453. The summed E-state index contributed by atoms with van der Waals surface area (Å²) in [4.78, 5) is 24.6. The molecule has 0 saturated heterocycles. The molecule has 3 aromatic rings. The van der Waals surface area contributed by atoms with Crippen molar-refractivity contribution in [1.29, 1.82) is 0 Å². The Morgan fingerprint density at radius 2 is 1.65 bits per heavy atom. The first-order chi connectivity index (χ1) is 14.9. The van der Waals surface area contributed by atoms with Crippen molar-refractivity contribution in [2.75, 3.05) is 16.4 Å². The van der Waals surface area contributed by atoms with Crippen molar-refractivity contribution >= 4 is 58.2 Å². The van der Waals surface area contributed by atoms with Crippen LogP contribution in [0.1, 0.15) is 18.3 Å². The lowest BCUT2D eigenvalue weighted by molar-refractivity contribution is -0.116. The van der Waals surface area contributed by atoms with Crippen LogP contribution in [0.3, 0.4) is 0 Å². The number of amides is 2. The van der Waals surface area contributed by atoms with Gasteiger partial charge in [-0.2, -0.15) is 0 Å². The number of anilines is 2. The molecule has 0 spiro atoms. The van der Waals surface area contributed by atoms with Gasteiger partial charge in [-0.05, 0) is 44.2 Å². The lowest BCUT2D eigenvalue weighted by atomic mass is 10.2. The summed E-state index contributed by atoms with van der Waals surface area (Å²) >= 11 is 13.1. The van der Waals surface area contributed by atoms with Gasteiger partial charge in [-0.25, -0.2) is 0 Å². The van der Waals surface area contributed by atoms with Gasteiger partial charge in [0.05, 0.1) is 22.2 Å². The fourth-order valence-electron chi connectivity index (χ4n) is 2.76. The smallest absolute Gasteiger partial charge is 0.234 e. The van der Waals surface area contributed by atoms with E-state index in [2.05, 4.69) is 20.8 Å². The van der Waals surface area contributed by atoms with E-state index in [1.165, 1.54) is 11.8 Å². The van der Waals surface area contributed by atoms with Crippen molar-refractivity contribution in [3.05, 3.63) is 63.9 Å². The molecule has 0 fully saturated rings. The van der Waals surface area contributed by atoms with E-state index in [0.29, 0.717) is 33.3 Å². The van der Waals surface area contributed by atoms with Crippen LogP contribution in [0.4, 0.5) is 11.4 Å². The molecule has 1 aromatic heterocycles. The number of nitrogens with one attached hydrogen (secondary N) is 2. The van der Waals surface area contributed by atoms with Crippen LogP contribution >= 0.6 is 35.0 Å². The first-order valence-corrected chi connectivity index (χ1v) is 11.3. The Hall–Kier alpha value is -2.55. The average molecular weight is 478 g/mol. The first kappa shape index (κ1) is 23.1. The van der Waals surface area contributed by atoms with Crippen LogP contribution < -0.4 is 10.6 Å². The molecule has 0 aliphatic carbocycles. The highest BCUT2D eigenvalue weighted by atomic mass is 35.5. The SMILES string of the molecule is CCn1c(CC(=O)Nc2ccc(C)cc2)nnc1SCC(=O)Nc1ccc(Cl)c(Cl)c1. The molecule has 0 aliphatic heterocycles. The van der Waals surface area contributed by atoms with E-state index < -0.39 is 0 Å². The van der Waals surface area contributed by atoms with Gasteiger partial charge in [0.15, 0.2) is 5.16 Å². The molecule has 0 atom stereocenters. The molecule has 162 valence electrons. The van der Waals surface area contributed by atoms with Crippen molar-refractivity contribution in [3.8, 4) is 0 Å². The third-order valence-corrected chi connectivity index (χ3v) is 6.01. The molecule has 0 unspecified atom stereocenters. The molecule has 2 aromatic carbocycles. The number of rotatable bonds is 8. The maximum atomic E-state index is 12.4. The first-order valence-electron chi connectivity index (χ1n) is 9.52. The minimum Gasteiger partial charge on any atom is -0.326 e. The van der Waals surface area contributed by atoms with E-state index >= 15 is 0 Å². The molecule has 7 nitrogen and oxygen atoms in total. The molecule has 2 amide bonds. The molecule has 1 heterocycles. The zero-order chi connectivity index (χ0) is 22.4. The van der Waals surface area contributed by atoms with Crippen LogP contribution in [0.25, 0.3) is 0 Å². The summed E-state index contributed by atoms with van der Waals surface area (Å²) in [5, 5.41) is 15.3. The number of aromatic nitrogens is 3. The summed E-state index contributed by atoms with van der Waals surface area (Å²) in [5.41, 5.74) is 2.41. The number of carbonyl (C=O) groups is 2. The Labute approximate surface area is 194 Å². The van der Waals surface area contributed by atoms with Crippen molar-refractivity contribution in [2.24, 2.45) is 0 Å². The number of carbonyl (C=O) groups excluding carboxylic acids is 2. The summed E-state index contributed by atoms with van der Waals surface area (Å²) in [7, 11) is 0. The molecule has 0 bridgehead atoms. The Kier molecular flexibility index (Phi) is 7.95. The number of halogens is 2. The van der Waals surface area contributed by atoms with Gasteiger partial charge in [0, 0.05) is 17.9 Å². The van der Waals surface area contributed by atoms with E-state index in [9.17, 15) is 9.59 Å². The molecular formula is C21H21Cl2N5O2S. The lowest BCUT2D eigenvalue weighted by Gasteiger charge is -2.09. The highest BCUT2D eigenvalue weighted by Crippen LogP contribution is 2.25. The van der Waals surface area contributed by atoms with Crippen LogP contribution in [0.2, 0.25) is 10.0 Å². The fraction of sp³-hybridized carbons (Fsp3) is 0.238. The molecule has 2 N–H and O–H groups in total. The van der Waals surface area contributed by atoms with Gasteiger partial charge in [0.2, 0.25) is 11.8 Å². The number of aryl methyl sites for hydroxylation is 1. The van der Waals surface area contributed by atoms with E-state index in [1.54, 1.807) is 18.2 Å². The van der Waals surface area contributed by atoms with Crippen molar-refractivity contribution in [1.82, 2.24) is 14.8 Å². The van der Waals surface area contributed by atoms with E-state index in [-0.39, 0.29) is 24.0 Å². The third-order valence-electron chi connectivity index (χ3n) is 4.30. The molecule has 10 heteroatoms. The van der Waals surface area contributed by atoms with E-state index in [0.717, 1.165) is 11.3 Å². The average Bonchev–Trinajstić information content (AvgIpc) is 3.12. The molecule has 0 aliphatic rings. The second-order valence-corrected chi connectivity index (χ2v) is 8.46. The molecule has 31 heavy (non-hydrogen) atoms. The molecular weight excluding hydrogens is 457 g/mol. The number of nitrogens with zero attached hydrogens (tertiary/aromatic N) is 3. The second-order valence-electron chi connectivity index (χ2n) is 6.70. The number of hydrogen-bond acceptors (Lipinski definition) is 5. The van der Waals surface area contributed by atoms with Crippen LogP contribution in [-0.2, 0) is 22.6 Å². The van der Waals surface area contributed by atoms with Crippen LogP contribution in [-0.4, -0.2) is 32.3 Å². The summed E-state index contributed by atoms with van der Waals surface area (Å²) in [6, 6.07) is 12.5. The van der Waals surface area contributed by atoms with E-state index in [1.807, 2.05) is 42.7 Å². The number of benzene rings is 2. The molecule has 0 radical (unpaired) electrons. The van der Waals surface area contributed by atoms with Crippen LogP contribution in [0, 0.1) is 6.92 Å². The Morgan fingerprint density at radius 1 is 0.968 bits per heavy atom. The summed E-state index contributed by atoms with van der Waals surface area (Å²) in [5.74, 6) is 0.278. The Bertz CT molecular complexity index is 1090. The third kappa shape index (κ3) is 6.46. The summed E-state index contributed by atoms with van der Waals surface area (Å²) < 4.78 is 1.83. The van der Waals surface area contributed by atoms with Gasteiger partial charge in [-0.15, -0.1) is 10.2 Å². The van der Waals surface area contributed by atoms with Gasteiger partial charge in [-0.3, -0.25) is 9.59 Å². The van der Waals surface area contributed by atoms with Gasteiger partial charge >= 0.3 is 0 Å². The van der Waals surface area contributed by atoms with Crippen molar-refractivity contribution < 1.29 is 9.59 Å². The van der Waals surface area contributed by atoms with Gasteiger partial charge in [-0.1, -0.05) is 52.7 Å². The predicted octanol–water partition coefficient (Wildman–Crippen LogP) is 4.83. The summed E-state index contributed by atoms with van der Waals surface area (Å²) in [6.45, 7) is 4.50. The van der Waals surface area contributed by atoms with Gasteiger partial charge in [0.1, 0.15) is 5.82 Å². The minimum atomic E-state index is -0.215. The van der Waals surface area contributed by atoms with Crippen LogP contribution in [0.5, 0.6) is 0 Å². The lowest BCUT2D eigenvalue weighted by Crippen LogP contribution is -2.18. The van der Waals surface area contributed by atoms with E-state index in [4.69, 9.17) is 23.2 Å². The van der Waals surface area contributed by atoms with Gasteiger partial charge in [0.25, 0.3) is 0 Å².